The fraction of sp³-hybridized carbons (Fsp3) is 0.235. The van der Waals surface area contributed by atoms with Gasteiger partial charge in [0.15, 0.2) is 11.5 Å². The monoisotopic (exact) mass is 319 g/mol. The third kappa shape index (κ3) is 3.71. The van der Waals surface area contributed by atoms with Gasteiger partial charge in [0, 0.05) is 17.7 Å². The normalized spacial score (nSPS) is 10.1. The SMILES string of the molecule is COc1ccc(CNC(=O)c2ccc(F)cc2)c(OC)c1OC. The predicted octanol–water partition coefficient (Wildman–Crippen LogP) is 2.78. The van der Waals surface area contributed by atoms with Gasteiger partial charge in [-0.1, -0.05) is 0 Å². The smallest absolute Gasteiger partial charge is 0.251 e. The van der Waals surface area contributed by atoms with E-state index in [0.29, 0.717) is 22.8 Å². The van der Waals surface area contributed by atoms with Crippen LogP contribution in [0.15, 0.2) is 36.4 Å². The largest absolute Gasteiger partial charge is 0.493 e. The molecule has 1 amide bonds. The molecular formula is C17H18FNO4. The molecule has 2 rings (SSSR count). The molecule has 23 heavy (non-hydrogen) atoms. The maximum absolute atomic E-state index is 12.9. The molecule has 0 aliphatic carbocycles. The van der Waals surface area contributed by atoms with Crippen molar-refractivity contribution in [1.29, 1.82) is 0 Å². The first kappa shape index (κ1) is 16.6. The van der Waals surface area contributed by atoms with E-state index in [1.165, 1.54) is 45.6 Å². The lowest BCUT2D eigenvalue weighted by Crippen LogP contribution is -2.23. The Labute approximate surface area is 134 Å². The van der Waals surface area contributed by atoms with E-state index in [1.807, 2.05) is 0 Å². The van der Waals surface area contributed by atoms with Crippen LogP contribution in [0.5, 0.6) is 17.2 Å². The van der Waals surface area contributed by atoms with Crippen LogP contribution in [0.2, 0.25) is 0 Å². The molecule has 0 aromatic heterocycles. The molecule has 0 aliphatic rings. The van der Waals surface area contributed by atoms with Crippen molar-refractivity contribution in [2.45, 2.75) is 6.54 Å². The van der Waals surface area contributed by atoms with Crippen LogP contribution in [0.4, 0.5) is 4.39 Å². The number of hydrogen-bond acceptors (Lipinski definition) is 4. The molecule has 0 atom stereocenters. The van der Waals surface area contributed by atoms with Crippen LogP contribution in [-0.2, 0) is 6.54 Å². The second kappa shape index (κ2) is 7.49. The number of rotatable bonds is 6. The van der Waals surface area contributed by atoms with Gasteiger partial charge in [0.1, 0.15) is 5.82 Å². The van der Waals surface area contributed by atoms with Gasteiger partial charge in [0.25, 0.3) is 5.91 Å². The number of carbonyl (C=O) groups excluding carboxylic acids is 1. The highest BCUT2D eigenvalue weighted by Crippen LogP contribution is 2.39. The van der Waals surface area contributed by atoms with Crippen molar-refractivity contribution >= 4 is 5.91 Å². The van der Waals surface area contributed by atoms with E-state index in [0.717, 1.165) is 5.56 Å². The average molecular weight is 319 g/mol. The minimum atomic E-state index is -0.386. The second-order valence-electron chi connectivity index (χ2n) is 4.68. The van der Waals surface area contributed by atoms with E-state index in [2.05, 4.69) is 5.32 Å². The van der Waals surface area contributed by atoms with Crippen molar-refractivity contribution in [3.8, 4) is 17.2 Å². The molecule has 122 valence electrons. The highest BCUT2D eigenvalue weighted by Gasteiger charge is 2.16. The van der Waals surface area contributed by atoms with Crippen LogP contribution in [0.1, 0.15) is 15.9 Å². The Bertz CT molecular complexity index is 686. The molecule has 0 fully saturated rings. The molecule has 0 bridgehead atoms. The summed E-state index contributed by atoms with van der Waals surface area (Å²) in [4.78, 5) is 12.1. The van der Waals surface area contributed by atoms with Gasteiger partial charge in [-0.05, 0) is 36.4 Å². The molecule has 1 N–H and O–H groups in total. The minimum absolute atomic E-state index is 0.236. The van der Waals surface area contributed by atoms with Gasteiger partial charge in [0.2, 0.25) is 5.75 Å². The Kier molecular flexibility index (Phi) is 5.41. The van der Waals surface area contributed by atoms with E-state index in [9.17, 15) is 9.18 Å². The maximum Gasteiger partial charge on any atom is 0.251 e. The zero-order valence-electron chi connectivity index (χ0n) is 13.2. The zero-order chi connectivity index (χ0) is 16.8. The molecule has 0 unspecified atom stereocenters. The van der Waals surface area contributed by atoms with Gasteiger partial charge in [-0.2, -0.15) is 0 Å². The number of halogens is 1. The summed E-state index contributed by atoms with van der Waals surface area (Å²) in [6.45, 7) is 0.236. The number of methoxy groups -OCH3 is 3. The van der Waals surface area contributed by atoms with Crippen molar-refractivity contribution in [3.05, 3.63) is 53.3 Å². The quantitative estimate of drug-likeness (QED) is 0.889. The highest BCUT2D eigenvalue weighted by atomic mass is 19.1. The summed E-state index contributed by atoms with van der Waals surface area (Å²) in [5, 5.41) is 2.76. The molecule has 2 aromatic rings. The van der Waals surface area contributed by atoms with Gasteiger partial charge < -0.3 is 19.5 Å². The van der Waals surface area contributed by atoms with Crippen molar-refractivity contribution in [2.24, 2.45) is 0 Å². The lowest BCUT2D eigenvalue weighted by Gasteiger charge is -2.16. The van der Waals surface area contributed by atoms with Crippen LogP contribution in [-0.4, -0.2) is 27.2 Å². The van der Waals surface area contributed by atoms with Gasteiger partial charge in [-0.15, -0.1) is 0 Å². The van der Waals surface area contributed by atoms with Crippen LogP contribution in [0, 0.1) is 5.82 Å². The van der Waals surface area contributed by atoms with E-state index < -0.39 is 0 Å². The first-order valence-electron chi connectivity index (χ1n) is 6.92. The molecule has 0 radical (unpaired) electrons. The van der Waals surface area contributed by atoms with Gasteiger partial charge in [0.05, 0.1) is 21.3 Å². The lowest BCUT2D eigenvalue weighted by atomic mass is 10.1. The Balaban J connectivity index is 2.17. The number of ether oxygens (including phenoxy) is 3. The average Bonchev–Trinajstić information content (AvgIpc) is 2.59. The van der Waals surface area contributed by atoms with Crippen molar-refractivity contribution in [3.63, 3.8) is 0 Å². The van der Waals surface area contributed by atoms with Crippen molar-refractivity contribution < 1.29 is 23.4 Å². The summed E-state index contributed by atoms with van der Waals surface area (Å²) in [6, 6.07) is 8.86. The Morgan fingerprint density at radius 1 is 0.957 bits per heavy atom. The Morgan fingerprint density at radius 3 is 2.17 bits per heavy atom. The molecule has 0 spiro atoms. The van der Waals surface area contributed by atoms with Crippen LogP contribution >= 0.6 is 0 Å². The van der Waals surface area contributed by atoms with E-state index >= 15 is 0 Å². The molecule has 2 aromatic carbocycles. The van der Waals surface area contributed by atoms with Crippen molar-refractivity contribution in [2.75, 3.05) is 21.3 Å². The fourth-order valence-corrected chi connectivity index (χ4v) is 2.18. The summed E-state index contributed by atoms with van der Waals surface area (Å²) in [7, 11) is 4.57. The van der Waals surface area contributed by atoms with E-state index in [1.54, 1.807) is 12.1 Å². The number of amides is 1. The highest BCUT2D eigenvalue weighted by molar-refractivity contribution is 5.94. The van der Waals surface area contributed by atoms with Crippen LogP contribution < -0.4 is 19.5 Å². The van der Waals surface area contributed by atoms with Crippen LogP contribution in [0.25, 0.3) is 0 Å². The van der Waals surface area contributed by atoms with E-state index in [-0.39, 0.29) is 18.3 Å². The molecule has 6 heteroatoms. The summed E-state index contributed by atoms with van der Waals surface area (Å²) < 4.78 is 28.7. The summed E-state index contributed by atoms with van der Waals surface area (Å²) in [6.07, 6.45) is 0. The summed E-state index contributed by atoms with van der Waals surface area (Å²) >= 11 is 0. The number of nitrogens with one attached hydrogen (secondary N) is 1. The Morgan fingerprint density at radius 2 is 1.61 bits per heavy atom. The van der Waals surface area contributed by atoms with Crippen molar-refractivity contribution in [1.82, 2.24) is 5.32 Å². The van der Waals surface area contributed by atoms with Gasteiger partial charge >= 0.3 is 0 Å². The van der Waals surface area contributed by atoms with Gasteiger partial charge in [-0.3, -0.25) is 4.79 Å². The molecule has 0 heterocycles. The zero-order valence-corrected chi connectivity index (χ0v) is 13.2. The molecule has 0 saturated carbocycles. The summed E-state index contributed by atoms with van der Waals surface area (Å²) in [5.41, 5.74) is 1.12. The third-order valence-corrected chi connectivity index (χ3v) is 3.33. The maximum atomic E-state index is 12.9. The summed E-state index contributed by atoms with van der Waals surface area (Å²) in [5.74, 6) is 0.803. The standard InChI is InChI=1S/C17H18FNO4/c1-21-14-9-6-12(15(22-2)16(14)23-3)10-19-17(20)11-4-7-13(18)8-5-11/h4-9H,10H2,1-3H3,(H,19,20). The van der Waals surface area contributed by atoms with Gasteiger partial charge in [-0.25, -0.2) is 4.39 Å². The number of hydrogen-bond donors (Lipinski definition) is 1. The molecule has 5 nitrogen and oxygen atoms in total. The first-order valence-corrected chi connectivity index (χ1v) is 6.92. The molecule has 0 saturated heterocycles. The first-order chi connectivity index (χ1) is 11.1. The predicted molar refractivity (Wildman–Crippen MR) is 83.7 cm³/mol. The third-order valence-electron chi connectivity index (χ3n) is 3.33. The number of benzene rings is 2. The second-order valence-corrected chi connectivity index (χ2v) is 4.68. The number of carbonyl (C=O) groups is 1. The molecular weight excluding hydrogens is 301 g/mol. The Hall–Kier alpha value is -2.76. The fourth-order valence-electron chi connectivity index (χ4n) is 2.18. The lowest BCUT2D eigenvalue weighted by molar-refractivity contribution is 0.0950. The molecule has 0 aliphatic heterocycles. The van der Waals surface area contributed by atoms with E-state index in [4.69, 9.17) is 14.2 Å². The van der Waals surface area contributed by atoms with Crippen LogP contribution in [0.3, 0.4) is 0 Å². The minimum Gasteiger partial charge on any atom is -0.493 e. The topological polar surface area (TPSA) is 56.8 Å².